The molecule has 0 aromatic heterocycles. The lowest BCUT2D eigenvalue weighted by Gasteiger charge is -2.54. The van der Waals surface area contributed by atoms with Crippen LogP contribution >= 0.6 is 0 Å². The molecule has 1 aliphatic carbocycles. The molecule has 2 rings (SSSR count). The second kappa shape index (κ2) is 3.85. The Morgan fingerprint density at radius 3 is 2.62 bits per heavy atom. The fraction of sp³-hybridized carbons (Fsp3) is 0.857. The van der Waals surface area contributed by atoms with Crippen molar-refractivity contribution in [1.29, 1.82) is 0 Å². The summed E-state index contributed by atoms with van der Waals surface area (Å²) in [5.74, 6) is 0. The van der Waals surface area contributed by atoms with Crippen molar-refractivity contribution in [3.8, 4) is 0 Å². The normalized spacial score (nSPS) is 38.1. The number of nitrogens with zero attached hydrogens (tertiary/aromatic N) is 1. The molecule has 0 bridgehead atoms. The maximum Gasteiger partial charge on any atom is 0.0178 e. The number of rotatable bonds is 1. The van der Waals surface area contributed by atoms with E-state index in [-0.39, 0.29) is 0 Å². The highest BCUT2D eigenvalue weighted by molar-refractivity contribution is 5.29. The van der Waals surface area contributed by atoms with E-state index in [4.69, 9.17) is 0 Å². The van der Waals surface area contributed by atoms with Crippen molar-refractivity contribution in [2.75, 3.05) is 27.2 Å². The molecule has 0 saturated heterocycles. The summed E-state index contributed by atoms with van der Waals surface area (Å²) in [5, 5.41) is 3.52. The molecule has 1 heterocycles. The minimum Gasteiger partial charge on any atom is -0.312 e. The molecule has 0 amide bonds. The van der Waals surface area contributed by atoms with Crippen LogP contribution in [0.4, 0.5) is 0 Å². The summed E-state index contributed by atoms with van der Waals surface area (Å²) in [6.45, 7) is 9.48. The van der Waals surface area contributed by atoms with Crippen LogP contribution in [0.3, 0.4) is 0 Å². The SMILES string of the molecule is CN(C)[C@@H]1CC[C@]2(C)CNCC=C2C1(C)C. The molecular formula is C14H26N2. The summed E-state index contributed by atoms with van der Waals surface area (Å²) in [5.41, 5.74) is 2.40. The summed E-state index contributed by atoms with van der Waals surface area (Å²) in [6, 6.07) is 0.685. The Balaban J connectivity index is 2.36. The zero-order valence-corrected chi connectivity index (χ0v) is 11.4. The van der Waals surface area contributed by atoms with Gasteiger partial charge in [0.05, 0.1) is 0 Å². The predicted octanol–water partition coefficient (Wildman–Crippen LogP) is 2.27. The molecule has 0 aromatic carbocycles. The van der Waals surface area contributed by atoms with E-state index in [0.717, 1.165) is 13.1 Å². The molecule has 1 fully saturated rings. The first-order valence-corrected chi connectivity index (χ1v) is 6.46. The number of hydrogen-bond acceptors (Lipinski definition) is 2. The van der Waals surface area contributed by atoms with Gasteiger partial charge in [0.1, 0.15) is 0 Å². The van der Waals surface area contributed by atoms with Gasteiger partial charge in [-0.3, -0.25) is 0 Å². The van der Waals surface area contributed by atoms with Gasteiger partial charge in [0, 0.05) is 30.0 Å². The maximum absolute atomic E-state index is 3.52. The average molecular weight is 222 g/mol. The largest absolute Gasteiger partial charge is 0.312 e. The first-order valence-electron chi connectivity index (χ1n) is 6.46. The van der Waals surface area contributed by atoms with Crippen molar-refractivity contribution in [2.24, 2.45) is 10.8 Å². The van der Waals surface area contributed by atoms with Crippen LogP contribution in [0.25, 0.3) is 0 Å². The zero-order valence-electron chi connectivity index (χ0n) is 11.4. The summed E-state index contributed by atoms with van der Waals surface area (Å²) >= 11 is 0. The van der Waals surface area contributed by atoms with Crippen LogP contribution in [0.5, 0.6) is 0 Å². The van der Waals surface area contributed by atoms with Crippen molar-refractivity contribution >= 4 is 0 Å². The zero-order chi connectivity index (χ0) is 12.0. The van der Waals surface area contributed by atoms with Crippen LogP contribution in [0, 0.1) is 10.8 Å². The monoisotopic (exact) mass is 222 g/mol. The second-order valence-corrected chi connectivity index (χ2v) is 6.55. The molecule has 0 radical (unpaired) electrons. The summed E-state index contributed by atoms with van der Waals surface area (Å²) in [7, 11) is 4.44. The smallest absolute Gasteiger partial charge is 0.0178 e. The minimum absolute atomic E-state index is 0.318. The van der Waals surface area contributed by atoms with E-state index in [0.29, 0.717) is 16.9 Å². The van der Waals surface area contributed by atoms with Crippen LogP contribution in [-0.2, 0) is 0 Å². The topological polar surface area (TPSA) is 15.3 Å². The van der Waals surface area contributed by atoms with E-state index in [1.807, 2.05) is 0 Å². The fourth-order valence-electron chi connectivity index (χ4n) is 4.03. The highest BCUT2D eigenvalue weighted by Gasteiger charge is 2.48. The highest BCUT2D eigenvalue weighted by atomic mass is 15.1. The molecule has 0 spiro atoms. The van der Waals surface area contributed by atoms with Crippen LogP contribution < -0.4 is 5.32 Å². The first kappa shape index (κ1) is 12.1. The van der Waals surface area contributed by atoms with Crippen molar-refractivity contribution in [3.05, 3.63) is 11.6 Å². The number of hydrogen-bond donors (Lipinski definition) is 1. The van der Waals surface area contributed by atoms with Gasteiger partial charge in [-0.15, -0.1) is 0 Å². The lowest BCUT2D eigenvalue weighted by atomic mass is 9.57. The van der Waals surface area contributed by atoms with Crippen LogP contribution in [0.2, 0.25) is 0 Å². The maximum atomic E-state index is 3.52. The van der Waals surface area contributed by atoms with E-state index >= 15 is 0 Å². The number of nitrogens with one attached hydrogen (secondary N) is 1. The fourth-order valence-corrected chi connectivity index (χ4v) is 4.03. The first-order chi connectivity index (χ1) is 7.38. The van der Waals surface area contributed by atoms with Gasteiger partial charge in [0.15, 0.2) is 0 Å². The van der Waals surface area contributed by atoms with Crippen LogP contribution in [0.15, 0.2) is 11.6 Å². The summed E-state index contributed by atoms with van der Waals surface area (Å²) in [4.78, 5) is 2.41. The molecule has 1 N–H and O–H groups in total. The van der Waals surface area contributed by atoms with Gasteiger partial charge in [-0.25, -0.2) is 0 Å². The van der Waals surface area contributed by atoms with Crippen LogP contribution in [0.1, 0.15) is 33.6 Å². The summed E-state index contributed by atoms with van der Waals surface area (Å²) < 4.78 is 0. The van der Waals surface area contributed by atoms with E-state index in [1.54, 1.807) is 5.57 Å². The standard InChI is InChI=1S/C14H26N2/c1-13(2)11-7-9-15-10-14(11,3)8-6-12(13)16(4)5/h7,12,15H,6,8-10H2,1-5H3/t12-,14-/m1/s1. The third kappa shape index (κ3) is 1.72. The molecule has 2 heteroatoms. The Bertz CT molecular complexity index is 304. The minimum atomic E-state index is 0.318. The molecule has 1 aliphatic heterocycles. The third-order valence-electron chi connectivity index (χ3n) is 4.74. The second-order valence-electron chi connectivity index (χ2n) is 6.55. The van der Waals surface area contributed by atoms with Gasteiger partial charge in [-0.2, -0.15) is 0 Å². The van der Waals surface area contributed by atoms with Gasteiger partial charge in [0.25, 0.3) is 0 Å². The van der Waals surface area contributed by atoms with E-state index in [1.165, 1.54) is 12.8 Å². The lowest BCUT2D eigenvalue weighted by Crippen LogP contribution is -2.54. The van der Waals surface area contributed by atoms with Crippen molar-refractivity contribution in [1.82, 2.24) is 10.2 Å². The van der Waals surface area contributed by atoms with Crippen molar-refractivity contribution in [2.45, 2.75) is 39.7 Å². The Morgan fingerprint density at radius 2 is 2.00 bits per heavy atom. The molecule has 0 aromatic rings. The van der Waals surface area contributed by atoms with Gasteiger partial charge in [-0.05, 0) is 26.9 Å². The molecular weight excluding hydrogens is 196 g/mol. The molecule has 2 nitrogen and oxygen atoms in total. The predicted molar refractivity (Wildman–Crippen MR) is 69.5 cm³/mol. The van der Waals surface area contributed by atoms with Gasteiger partial charge in [-0.1, -0.05) is 32.4 Å². The third-order valence-corrected chi connectivity index (χ3v) is 4.74. The Morgan fingerprint density at radius 1 is 1.31 bits per heavy atom. The van der Waals surface area contributed by atoms with Crippen molar-refractivity contribution in [3.63, 3.8) is 0 Å². The Hall–Kier alpha value is -0.340. The summed E-state index contributed by atoms with van der Waals surface area (Å²) in [6.07, 6.45) is 5.08. The van der Waals surface area contributed by atoms with E-state index < -0.39 is 0 Å². The van der Waals surface area contributed by atoms with Crippen molar-refractivity contribution < 1.29 is 0 Å². The molecule has 1 saturated carbocycles. The molecule has 2 atom stereocenters. The van der Waals surface area contributed by atoms with Gasteiger partial charge in [0.2, 0.25) is 0 Å². The lowest BCUT2D eigenvalue weighted by molar-refractivity contribution is 0.0751. The average Bonchev–Trinajstić information content (AvgIpc) is 2.16. The highest BCUT2D eigenvalue weighted by Crippen LogP contribution is 2.52. The van der Waals surface area contributed by atoms with E-state index in [2.05, 4.69) is 51.2 Å². The van der Waals surface area contributed by atoms with Crippen LogP contribution in [-0.4, -0.2) is 38.1 Å². The van der Waals surface area contributed by atoms with Gasteiger partial charge >= 0.3 is 0 Å². The molecule has 92 valence electrons. The Labute approximate surface area is 100 Å². The molecule has 2 aliphatic rings. The number of fused-ring (bicyclic) bond motifs is 1. The molecule has 0 unspecified atom stereocenters. The van der Waals surface area contributed by atoms with Gasteiger partial charge < -0.3 is 10.2 Å². The van der Waals surface area contributed by atoms with E-state index in [9.17, 15) is 0 Å². The Kier molecular flexibility index (Phi) is 2.92. The molecule has 16 heavy (non-hydrogen) atoms. The quantitative estimate of drug-likeness (QED) is 0.685.